The second-order valence-corrected chi connectivity index (χ2v) is 5.65. The molecule has 19 heavy (non-hydrogen) atoms. The van der Waals surface area contributed by atoms with Crippen LogP contribution in [0.1, 0.15) is 71.1 Å². The second kappa shape index (κ2) is 13.9. The Morgan fingerprint density at radius 2 is 1.32 bits per heavy atom. The van der Waals surface area contributed by atoms with Gasteiger partial charge in [0, 0.05) is 14.1 Å². The summed E-state index contributed by atoms with van der Waals surface area (Å²) in [7, 11) is 3.59. The number of nitrogens with zero attached hydrogens (tertiary/aromatic N) is 1. The highest BCUT2D eigenvalue weighted by molar-refractivity contribution is 5.77. The van der Waals surface area contributed by atoms with Crippen LogP contribution in [-0.2, 0) is 4.79 Å². The van der Waals surface area contributed by atoms with Gasteiger partial charge in [-0.1, -0.05) is 64.7 Å². The molecule has 0 fully saturated rings. The van der Waals surface area contributed by atoms with E-state index in [1.54, 1.807) is 19.0 Å². The Labute approximate surface area is 120 Å². The number of nitrogens with one attached hydrogen (secondary N) is 1. The maximum absolute atomic E-state index is 11.3. The van der Waals surface area contributed by atoms with Gasteiger partial charge in [0.25, 0.3) is 0 Å². The Morgan fingerprint density at radius 3 is 1.79 bits per heavy atom. The number of amides is 1. The molecule has 0 saturated carbocycles. The Morgan fingerprint density at radius 1 is 0.842 bits per heavy atom. The number of hydrogen-bond acceptors (Lipinski definition) is 2. The third-order valence-electron chi connectivity index (χ3n) is 3.48. The van der Waals surface area contributed by atoms with Crippen LogP contribution in [0.5, 0.6) is 0 Å². The normalized spacial score (nSPS) is 10.7. The van der Waals surface area contributed by atoms with Gasteiger partial charge in [-0.05, 0) is 13.0 Å². The summed E-state index contributed by atoms with van der Waals surface area (Å²) in [6.07, 6.45) is 13.6. The lowest BCUT2D eigenvalue weighted by Crippen LogP contribution is -2.33. The van der Waals surface area contributed by atoms with Crippen LogP contribution in [0.2, 0.25) is 0 Å². The van der Waals surface area contributed by atoms with E-state index in [2.05, 4.69) is 12.2 Å². The van der Waals surface area contributed by atoms with Crippen molar-refractivity contribution < 1.29 is 4.79 Å². The monoisotopic (exact) mass is 270 g/mol. The fraction of sp³-hybridized carbons (Fsp3) is 0.938. The highest BCUT2D eigenvalue weighted by Crippen LogP contribution is 2.10. The van der Waals surface area contributed by atoms with Gasteiger partial charge in [0.2, 0.25) is 5.91 Å². The predicted molar refractivity (Wildman–Crippen MR) is 83.4 cm³/mol. The molecule has 0 heterocycles. The predicted octanol–water partition coefficient (Wildman–Crippen LogP) is 3.59. The van der Waals surface area contributed by atoms with E-state index in [4.69, 9.17) is 0 Å². The zero-order chi connectivity index (χ0) is 14.3. The van der Waals surface area contributed by atoms with Gasteiger partial charge in [0.1, 0.15) is 0 Å². The number of likely N-dealkylation sites (N-methyl/N-ethyl adjacent to an activating group) is 1. The van der Waals surface area contributed by atoms with E-state index in [9.17, 15) is 4.79 Å². The molecule has 1 N–H and O–H groups in total. The van der Waals surface area contributed by atoms with E-state index in [0.29, 0.717) is 6.54 Å². The van der Waals surface area contributed by atoms with E-state index >= 15 is 0 Å². The molecule has 0 rings (SSSR count). The molecule has 0 unspecified atom stereocenters. The molecule has 0 atom stereocenters. The standard InChI is InChI=1S/C16H34N2O/c1-4-5-6-7-8-9-10-11-12-13-14-17-15-16(19)18(2)3/h17H,4-15H2,1-3H3. The van der Waals surface area contributed by atoms with Gasteiger partial charge < -0.3 is 10.2 Å². The van der Waals surface area contributed by atoms with Crippen molar-refractivity contribution in [3.8, 4) is 0 Å². The summed E-state index contributed by atoms with van der Waals surface area (Å²) in [5.74, 6) is 0.159. The fourth-order valence-electron chi connectivity index (χ4n) is 2.09. The lowest BCUT2D eigenvalue weighted by Gasteiger charge is -2.10. The van der Waals surface area contributed by atoms with Gasteiger partial charge >= 0.3 is 0 Å². The van der Waals surface area contributed by atoms with Gasteiger partial charge in [0.15, 0.2) is 0 Å². The van der Waals surface area contributed by atoms with E-state index < -0.39 is 0 Å². The Bertz CT molecular complexity index is 205. The highest BCUT2D eigenvalue weighted by atomic mass is 16.2. The molecule has 0 spiro atoms. The van der Waals surface area contributed by atoms with Crippen molar-refractivity contribution >= 4 is 5.91 Å². The average Bonchev–Trinajstić information content (AvgIpc) is 2.39. The Balaban J connectivity index is 3.05. The summed E-state index contributed by atoms with van der Waals surface area (Å²) in [6.45, 7) is 3.71. The topological polar surface area (TPSA) is 32.3 Å². The molecule has 0 aliphatic rings. The molecule has 3 heteroatoms. The molecule has 0 radical (unpaired) electrons. The van der Waals surface area contributed by atoms with Crippen molar-refractivity contribution in [3.63, 3.8) is 0 Å². The van der Waals surface area contributed by atoms with Crippen molar-refractivity contribution in [2.24, 2.45) is 0 Å². The molecule has 0 bridgehead atoms. The number of rotatable bonds is 13. The van der Waals surface area contributed by atoms with Crippen LogP contribution in [-0.4, -0.2) is 38.0 Å². The fourth-order valence-corrected chi connectivity index (χ4v) is 2.09. The van der Waals surface area contributed by atoms with Gasteiger partial charge in [-0.25, -0.2) is 0 Å². The Hall–Kier alpha value is -0.570. The minimum absolute atomic E-state index is 0.159. The molecule has 0 aromatic carbocycles. The summed E-state index contributed by atoms with van der Waals surface area (Å²) >= 11 is 0. The average molecular weight is 270 g/mol. The molecule has 0 aromatic rings. The Kier molecular flexibility index (Phi) is 13.4. The first kappa shape index (κ1) is 18.4. The summed E-state index contributed by atoms with van der Waals surface area (Å²) in [5.41, 5.74) is 0. The summed E-state index contributed by atoms with van der Waals surface area (Å²) in [5, 5.41) is 3.20. The van der Waals surface area contributed by atoms with Gasteiger partial charge in [-0.3, -0.25) is 4.79 Å². The molecule has 3 nitrogen and oxygen atoms in total. The first-order valence-electron chi connectivity index (χ1n) is 8.09. The van der Waals surface area contributed by atoms with Crippen LogP contribution >= 0.6 is 0 Å². The highest BCUT2D eigenvalue weighted by Gasteiger charge is 2.01. The molecule has 0 saturated heterocycles. The van der Waals surface area contributed by atoms with E-state index in [-0.39, 0.29) is 5.91 Å². The van der Waals surface area contributed by atoms with Crippen LogP contribution in [0.25, 0.3) is 0 Å². The van der Waals surface area contributed by atoms with Gasteiger partial charge in [-0.2, -0.15) is 0 Å². The molecular weight excluding hydrogens is 236 g/mol. The van der Waals surface area contributed by atoms with Gasteiger partial charge in [-0.15, -0.1) is 0 Å². The van der Waals surface area contributed by atoms with Crippen LogP contribution in [0.3, 0.4) is 0 Å². The van der Waals surface area contributed by atoms with Gasteiger partial charge in [0.05, 0.1) is 6.54 Å². The SMILES string of the molecule is CCCCCCCCCCCCNCC(=O)N(C)C. The maximum Gasteiger partial charge on any atom is 0.236 e. The zero-order valence-corrected chi connectivity index (χ0v) is 13.3. The first-order valence-corrected chi connectivity index (χ1v) is 8.09. The van der Waals surface area contributed by atoms with Crippen molar-refractivity contribution in [1.29, 1.82) is 0 Å². The van der Waals surface area contributed by atoms with E-state index in [1.807, 2.05) is 0 Å². The first-order chi connectivity index (χ1) is 9.18. The third kappa shape index (κ3) is 13.7. The number of carbonyl (C=O) groups excluding carboxylic acids is 1. The molecule has 0 aliphatic heterocycles. The smallest absolute Gasteiger partial charge is 0.236 e. The van der Waals surface area contributed by atoms with E-state index in [0.717, 1.165) is 6.54 Å². The second-order valence-electron chi connectivity index (χ2n) is 5.65. The van der Waals surface area contributed by atoms with Crippen LogP contribution < -0.4 is 5.32 Å². The van der Waals surface area contributed by atoms with Crippen molar-refractivity contribution in [2.45, 2.75) is 71.1 Å². The molecule has 0 aliphatic carbocycles. The number of hydrogen-bond donors (Lipinski definition) is 1. The lowest BCUT2D eigenvalue weighted by atomic mass is 10.1. The van der Waals surface area contributed by atoms with Crippen molar-refractivity contribution in [1.82, 2.24) is 10.2 Å². The van der Waals surface area contributed by atoms with Crippen LogP contribution in [0.4, 0.5) is 0 Å². The molecule has 0 aromatic heterocycles. The van der Waals surface area contributed by atoms with Crippen LogP contribution in [0, 0.1) is 0 Å². The third-order valence-corrected chi connectivity index (χ3v) is 3.48. The molecule has 1 amide bonds. The lowest BCUT2D eigenvalue weighted by molar-refractivity contribution is -0.127. The minimum atomic E-state index is 0.159. The minimum Gasteiger partial charge on any atom is -0.348 e. The quantitative estimate of drug-likeness (QED) is 0.519. The van der Waals surface area contributed by atoms with E-state index in [1.165, 1.54) is 64.2 Å². The summed E-state index contributed by atoms with van der Waals surface area (Å²) in [4.78, 5) is 12.9. The molecular formula is C16H34N2O. The summed E-state index contributed by atoms with van der Waals surface area (Å²) < 4.78 is 0. The summed E-state index contributed by atoms with van der Waals surface area (Å²) in [6, 6.07) is 0. The largest absolute Gasteiger partial charge is 0.348 e. The maximum atomic E-state index is 11.3. The van der Waals surface area contributed by atoms with Crippen molar-refractivity contribution in [3.05, 3.63) is 0 Å². The van der Waals surface area contributed by atoms with Crippen molar-refractivity contribution in [2.75, 3.05) is 27.2 Å². The number of unbranched alkanes of at least 4 members (excludes halogenated alkanes) is 9. The van der Waals surface area contributed by atoms with Crippen LogP contribution in [0.15, 0.2) is 0 Å². The number of carbonyl (C=O) groups is 1. The molecule has 114 valence electrons. The zero-order valence-electron chi connectivity index (χ0n) is 13.3.